The van der Waals surface area contributed by atoms with Crippen LogP contribution >= 0.6 is 11.6 Å². The van der Waals surface area contributed by atoms with E-state index in [0.717, 1.165) is 28.6 Å². The maximum Gasteiger partial charge on any atom is 0.328 e. The van der Waals surface area contributed by atoms with Gasteiger partial charge in [0.05, 0.1) is 18.5 Å². The lowest BCUT2D eigenvalue weighted by molar-refractivity contribution is -0.131. The van der Waals surface area contributed by atoms with E-state index < -0.39 is 11.9 Å². The fraction of sp³-hybridized carbons (Fsp3) is 0.0909. The summed E-state index contributed by atoms with van der Waals surface area (Å²) in [5.41, 5.74) is 9.60. The van der Waals surface area contributed by atoms with Crippen molar-refractivity contribution in [3.8, 4) is 22.7 Å². The fourth-order valence-corrected chi connectivity index (χ4v) is 3.32. The van der Waals surface area contributed by atoms with Gasteiger partial charge in [-0.25, -0.2) is 4.79 Å². The van der Waals surface area contributed by atoms with Crippen molar-refractivity contribution in [2.45, 2.75) is 6.92 Å². The minimum atomic E-state index is -1.05. The molecule has 3 rings (SSSR count). The molecule has 148 valence electrons. The summed E-state index contributed by atoms with van der Waals surface area (Å²) in [7, 11) is 1.55. The van der Waals surface area contributed by atoms with Crippen molar-refractivity contribution in [3.63, 3.8) is 0 Å². The maximum absolute atomic E-state index is 11.5. The number of hydrogen-bond acceptors (Lipinski definition) is 3. The van der Waals surface area contributed by atoms with E-state index in [1.54, 1.807) is 37.4 Å². The van der Waals surface area contributed by atoms with Crippen LogP contribution in [0.15, 0.2) is 54.7 Å². The number of aryl methyl sites for hydroxylation is 1. The number of carbonyl (C=O) groups excluding carboxylic acids is 1. The molecule has 0 fully saturated rings. The van der Waals surface area contributed by atoms with Gasteiger partial charge in [0.25, 0.3) is 0 Å². The summed E-state index contributed by atoms with van der Waals surface area (Å²) in [4.78, 5) is 22.6. The third-order valence-corrected chi connectivity index (χ3v) is 4.73. The Morgan fingerprint density at radius 2 is 1.93 bits per heavy atom. The van der Waals surface area contributed by atoms with Crippen LogP contribution in [0.1, 0.15) is 21.5 Å². The number of carboxylic acid groups (broad SMARTS) is 1. The predicted molar refractivity (Wildman–Crippen MR) is 113 cm³/mol. The molecule has 6 nitrogen and oxygen atoms in total. The highest BCUT2D eigenvalue weighted by Gasteiger charge is 2.17. The van der Waals surface area contributed by atoms with Crippen molar-refractivity contribution in [2.24, 2.45) is 5.73 Å². The molecule has 1 heterocycles. The summed E-state index contributed by atoms with van der Waals surface area (Å²) in [5.74, 6) is -0.997. The topological polar surface area (TPSA) is 94.6 Å². The number of aromatic nitrogens is 1. The standard InChI is InChI=1S/C22H19ClN2O4/c1-13-11-15(22(24)28)3-6-17(13)21-14(4-8-20(26)27)9-10-25(21)18-7-5-16(23)12-19(18)29-2/h3-12H,1-2H3,(H2,24,28)(H,26,27)/b8-4+. The van der Waals surface area contributed by atoms with E-state index in [1.807, 2.05) is 29.8 Å². The Morgan fingerprint density at radius 3 is 2.55 bits per heavy atom. The van der Waals surface area contributed by atoms with Crippen molar-refractivity contribution >= 4 is 29.6 Å². The van der Waals surface area contributed by atoms with E-state index in [0.29, 0.717) is 21.9 Å². The number of benzene rings is 2. The monoisotopic (exact) mass is 410 g/mol. The number of primary amides is 1. The second-order valence-electron chi connectivity index (χ2n) is 6.37. The zero-order chi connectivity index (χ0) is 21.1. The number of nitrogens with zero attached hydrogens (tertiary/aromatic N) is 1. The highest BCUT2D eigenvalue weighted by atomic mass is 35.5. The van der Waals surface area contributed by atoms with Gasteiger partial charge in [-0.05, 0) is 48.9 Å². The highest BCUT2D eigenvalue weighted by molar-refractivity contribution is 6.30. The van der Waals surface area contributed by atoms with Crippen LogP contribution in [0, 0.1) is 6.92 Å². The molecule has 2 aromatic carbocycles. The number of carbonyl (C=O) groups is 2. The molecule has 0 atom stereocenters. The molecule has 7 heteroatoms. The number of carboxylic acids is 1. The van der Waals surface area contributed by atoms with Crippen LogP contribution in [-0.4, -0.2) is 28.7 Å². The van der Waals surface area contributed by atoms with E-state index in [-0.39, 0.29) is 0 Å². The number of methoxy groups -OCH3 is 1. The van der Waals surface area contributed by atoms with E-state index in [4.69, 9.17) is 27.2 Å². The van der Waals surface area contributed by atoms with Crippen LogP contribution in [0.2, 0.25) is 5.02 Å². The van der Waals surface area contributed by atoms with Gasteiger partial charge in [0.2, 0.25) is 5.91 Å². The molecule has 0 aliphatic carbocycles. The average Bonchev–Trinajstić information content (AvgIpc) is 3.09. The molecule has 0 saturated carbocycles. The van der Waals surface area contributed by atoms with Crippen LogP contribution in [0.25, 0.3) is 23.0 Å². The third kappa shape index (κ3) is 4.17. The fourth-order valence-electron chi connectivity index (χ4n) is 3.16. The van der Waals surface area contributed by atoms with E-state index >= 15 is 0 Å². The van der Waals surface area contributed by atoms with Gasteiger partial charge < -0.3 is 20.1 Å². The van der Waals surface area contributed by atoms with E-state index in [9.17, 15) is 9.59 Å². The summed E-state index contributed by atoms with van der Waals surface area (Å²) in [6.07, 6.45) is 4.43. The average molecular weight is 411 g/mol. The summed E-state index contributed by atoms with van der Waals surface area (Å²) in [6.45, 7) is 1.86. The Kier molecular flexibility index (Phi) is 5.75. The smallest absolute Gasteiger partial charge is 0.328 e. The Bertz CT molecular complexity index is 1130. The van der Waals surface area contributed by atoms with Crippen LogP contribution in [-0.2, 0) is 4.79 Å². The SMILES string of the molecule is COc1cc(Cl)ccc1-n1ccc(/C=C/C(=O)O)c1-c1ccc(C(N)=O)cc1C. The molecular formula is C22H19ClN2O4. The zero-order valence-corrected chi connectivity index (χ0v) is 16.6. The number of amides is 1. The minimum absolute atomic E-state index is 0.399. The molecule has 3 N–H and O–H groups in total. The lowest BCUT2D eigenvalue weighted by atomic mass is 9.99. The normalized spacial score (nSPS) is 11.0. The Hall–Kier alpha value is -3.51. The van der Waals surface area contributed by atoms with Crippen molar-refractivity contribution in [1.82, 2.24) is 4.57 Å². The summed E-state index contributed by atoms with van der Waals surface area (Å²) >= 11 is 6.09. The first-order chi connectivity index (χ1) is 13.8. The molecule has 0 spiro atoms. The number of aliphatic carboxylic acids is 1. The highest BCUT2D eigenvalue weighted by Crippen LogP contribution is 2.35. The number of rotatable bonds is 6. The molecule has 3 aromatic rings. The quantitative estimate of drug-likeness (QED) is 0.592. The number of ether oxygens (including phenoxy) is 1. The number of halogens is 1. The van der Waals surface area contributed by atoms with Crippen LogP contribution in [0.3, 0.4) is 0 Å². The Balaban J connectivity index is 2.28. The molecule has 0 bridgehead atoms. The molecule has 29 heavy (non-hydrogen) atoms. The van der Waals surface area contributed by atoms with Gasteiger partial charge in [0.1, 0.15) is 5.75 Å². The van der Waals surface area contributed by atoms with Gasteiger partial charge in [-0.1, -0.05) is 17.7 Å². The van der Waals surface area contributed by atoms with Gasteiger partial charge in [-0.2, -0.15) is 0 Å². The third-order valence-electron chi connectivity index (χ3n) is 4.49. The van der Waals surface area contributed by atoms with Crippen LogP contribution < -0.4 is 10.5 Å². The van der Waals surface area contributed by atoms with Crippen molar-refractivity contribution in [1.29, 1.82) is 0 Å². The summed E-state index contributed by atoms with van der Waals surface area (Å²) < 4.78 is 7.37. The molecule has 1 amide bonds. The Labute approximate surface area is 172 Å². The van der Waals surface area contributed by atoms with Gasteiger partial charge >= 0.3 is 5.97 Å². The van der Waals surface area contributed by atoms with E-state index in [2.05, 4.69) is 0 Å². The van der Waals surface area contributed by atoms with Crippen molar-refractivity contribution < 1.29 is 19.4 Å². The molecular weight excluding hydrogens is 392 g/mol. The van der Waals surface area contributed by atoms with Crippen LogP contribution in [0.4, 0.5) is 0 Å². The lowest BCUT2D eigenvalue weighted by Gasteiger charge is -2.16. The molecule has 0 saturated heterocycles. The molecule has 1 aromatic heterocycles. The van der Waals surface area contributed by atoms with Gasteiger partial charge in [0.15, 0.2) is 0 Å². The number of nitrogens with two attached hydrogens (primary N) is 1. The zero-order valence-electron chi connectivity index (χ0n) is 15.8. The summed E-state index contributed by atoms with van der Waals surface area (Å²) in [6, 6.07) is 12.2. The first kappa shape index (κ1) is 20.2. The molecule has 0 aliphatic heterocycles. The van der Waals surface area contributed by atoms with Gasteiger partial charge in [-0.15, -0.1) is 0 Å². The first-order valence-corrected chi connectivity index (χ1v) is 9.06. The van der Waals surface area contributed by atoms with Gasteiger partial charge in [0, 0.05) is 40.1 Å². The lowest BCUT2D eigenvalue weighted by Crippen LogP contribution is -2.11. The maximum atomic E-state index is 11.5. The molecule has 0 aliphatic rings. The second kappa shape index (κ2) is 8.24. The summed E-state index contributed by atoms with van der Waals surface area (Å²) in [5, 5.41) is 9.58. The second-order valence-corrected chi connectivity index (χ2v) is 6.81. The van der Waals surface area contributed by atoms with Crippen LogP contribution in [0.5, 0.6) is 5.75 Å². The minimum Gasteiger partial charge on any atom is -0.495 e. The number of hydrogen-bond donors (Lipinski definition) is 2. The largest absolute Gasteiger partial charge is 0.495 e. The predicted octanol–water partition coefficient (Wildman–Crippen LogP) is 4.31. The Morgan fingerprint density at radius 1 is 1.17 bits per heavy atom. The molecule has 0 radical (unpaired) electrons. The first-order valence-electron chi connectivity index (χ1n) is 8.69. The van der Waals surface area contributed by atoms with Crippen molar-refractivity contribution in [3.05, 3.63) is 76.5 Å². The van der Waals surface area contributed by atoms with Gasteiger partial charge in [-0.3, -0.25) is 4.79 Å². The van der Waals surface area contributed by atoms with Crippen molar-refractivity contribution in [2.75, 3.05) is 7.11 Å². The van der Waals surface area contributed by atoms with E-state index in [1.165, 1.54) is 6.08 Å². The molecule has 0 unspecified atom stereocenters.